The maximum atomic E-state index is 5.62. The van der Waals surface area contributed by atoms with E-state index in [1.165, 1.54) is 5.56 Å². The first kappa shape index (κ1) is 16.4. The van der Waals surface area contributed by atoms with Crippen LogP contribution in [0.25, 0.3) is 33.3 Å². The Bertz CT molecular complexity index is 1050. The molecule has 3 aromatic carbocycles. The zero-order valence-electron chi connectivity index (χ0n) is 15.1. The second kappa shape index (κ2) is 7.04. The van der Waals surface area contributed by atoms with Crippen molar-refractivity contribution in [3.05, 3.63) is 72.3 Å². The van der Waals surface area contributed by atoms with Crippen LogP contribution in [-0.2, 0) is 6.42 Å². The third-order valence-electron chi connectivity index (χ3n) is 4.65. The first-order chi connectivity index (χ1) is 12.8. The Morgan fingerprint density at radius 3 is 2.50 bits per heavy atom. The first-order valence-electron chi connectivity index (χ1n) is 9.09. The van der Waals surface area contributed by atoms with Crippen LogP contribution in [-0.4, -0.2) is 16.8 Å². The molecule has 0 fully saturated rings. The van der Waals surface area contributed by atoms with Crippen molar-refractivity contribution in [2.75, 3.05) is 6.61 Å². The number of benzene rings is 3. The van der Waals surface area contributed by atoms with Gasteiger partial charge in [-0.15, -0.1) is 0 Å². The number of aromatic amines is 1. The number of aromatic nitrogens is 2. The monoisotopic (exact) mass is 342 g/mol. The lowest BCUT2D eigenvalue weighted by Gasteiger charge is -2.07. The average Bonchev–Trinajstić information content (AvgIpc) is 3.12. The second-order valence-electron chi connectivity index (χ2n) is 6.35. The summed E-state index contributed by atoms with van der Waals surface area (Å²) in [4.78, 5) is 0. The summed E-state index contributed by atoms with van der Waals surface area (Å²) in [5.74, 6) is 0.895. The number of hydrogen-bond acceptors (Lipinski definition) is 2. The summed E-state index contributed by atoms with van der Waals surface area (Å²) in [7, 11) is 0. The van der Waals surface area contributed by atoms with Gasteiger partial charge in [-0.05, 0) is 60.4 Å². The van der Waals surface area contributed by atoms with E-state index < -0.39 is 0 Å². The van der Waals surface area contributed by atoms with Crippen LogP contribution < -0.4 is 4.74 Å². The van der Waals surface area contributed by atoms with Gasteiger partial charge in [-0.1, -0.05) is 43.3 Å². The van der Waals surface area contributed by atoms with E-state index in [0.29, 0.717) is 6.61 Å². The van der Waals surface area contributed by atoms with Gasteiger partial charge in [0.1, 0.15) is 5.75 Å². The van der Waals surface area contributed by atoms with Crippen molar-refractivity contribution in [2.24, 2.45) is 0 Å². The Labute approximate surface area is 153 Å². The first-order valence-corrected chi connectivity index (χ1v) is 9.09. The number of fused-ring (bicyclic) bond motifs is 1. The molecule has 0 aliphatic heterocycles. The van der Waals surface area contributed by atoms with Crippen LogP contribution >= 0.6 is 0 Å². The highest BCUT2D eigenvalue weighted by Gasteiger charge is 2.10. The molecule has 26 heavy (non-hydrogen) atoms. The highest BCUT2D eigenvalue weighted by Crippen LogP contribution is 2.31. The number of H-pyrrole nitrogens is 1. The van der Waals surface area contributed by atoms with Crippen molar-refractivity contribution in [1.82, 2.24) is 10.2 Å². The molecule has 3 heteroatoms. The van der Waals surface area contributed by atoms with Gasteiger partial charge < -0.3 is 4.74 Å². The van der Waals surface area contributed by atoms with E-state index in [2.05, 4.69) is 71.7 Å². The minimum absolute atomic E-state index is 0.670. The number of rotatable bonds is 5. The van der Waals surface area contributed by atoms with Gasteiger partial charge in [0.05, 0.1) is 17.8 Å². The summed E-state index contributed by atoms with van der Waals surface area (Å²) < 4.78 is 5.62. The molecule has 0 aliphatic rings. The maximum absolute atomic E-state index is 5.62. The van der Waals surface area contributed by atoms with E-state index in [0.717, 1.165) is 45.5 Å². The molecule has 0 atom stereocenters. The largest absolute Gasteiger partial charge is 0.494 e. The standard InChI is InChI=1S/C23H22N2O/c1-3-16-7-5-9-19(13-16)23-21-12-11-18(15-22(21)24-25-23)17-8-6-10-20(14-17)26-4-2/h5-15H,3-4H2,1-2H3,(H,24,25). The van der Waals surface area contributed by atoms with Gasteiger partial charge in [0.15, 0.2) is 0 Å². The third kappa shape index (κ3) is 3.08. The number of nitrogens with zero attached hydrogens (tertiary/aromatic N) is 1. The highest BCUT2D eigenvalue weighted by molar-refractivity contribution is 5.95. The van der Waals surface area contributed by atoms with E-state index in [9.17, 15) is 0 Å². The van der Waals surface area contributed by atoms with Gasteiger partial charge in [0, 0.05) is 10.9 Å². The molecule has 0 saturated heterocycles. The molecule has 4 rings (SSSR count). The van der Waals surface area contributed by atoms with E-state index in [-0.39, 0.29) is 0 Å². The number of ether oxygens (including phenoxy) is 1. The lowest BCUT2D eigenvalue weighted by Crippen LogP contribution is -1.91. The lowest BCUT2D eigenvalue weighted by molar-refractivity contribution is 0.340. The molecule has 0 saturated carbocycles. The zero-order chi connectivity index (χ0) is 17.9. The second-order valence-corrected chi connectivity index (χ2v) is 6.35. The molecular weight excluding hydrogens is 320 g/mol. The maximum Gasteiger partial charge on any atom is 0.119 e. The quantitative estimate of drug-likeness (QED) is 0.493. The van der Waals surface area contributed by atoms with Crippen LogP contribution in [0, 0.1) is 0 Å². The summed E-state index contributed by atoms with van der Waals surface area (Å²) >= 11 is 0. The van der Waals surface area contributed by atoms with Crippen molar-refractivity contribution in [3.63, 3.8) is 0 Å². The predicted octanol–water partition coefficient (Wildman–Crippen LogP) is 5.86. The summed E-state index contributed by atoms with van der Waals surface area (Å²) in [6, 6.07) is 23.2. The fourth-order valence-electron chi connectivity index (χ4n) is 3.29. The molecule has 0 aliphatic carbocycles. The van der Waals surface area contributed by atoms with Crippen molar-refractivity contribution < 1.29 is 4.74 Å². The van der Waals surface area contributed by atoms with Crippen LogP contribution in [0.2, 0.25) is 0 Å². The average molecular weight is 342 g/mol. The number of aryl methyl sites for hydroxylation is 1. The molecule has 1 N–H and O–H groups in total. The number of hydrogen-bond donors (Lipinski definition) is 1. The van der Waals surface area contributed by atoms with Gasteiger partial charge in [-0.25, -0.2) is 0 Å². The molecule has 4 aromatic rings. The Morgan fingerprint density at radius 1 is 0.846 bits per heavy atom. The van der Waals surface area contributed by atoms with Crippen LogP contribution in [0.1, 0.15) is 19.4 Å². The smallest absolute Gasteiger partial charge is 0.119 e. The molecule has 3 nitrogen and oxygen atoms in total. The Hall–Kier alpha value is -3.07. The SMILES string of the molecule is CCOc1cccc(-c2ccc3c(-c4cccc(CC)c4)n[nH]c3c2)c1. The molecule has 0 bridgehead atoms. The Morgan fingerprint density at radius 2 is 1.65 bits per heavy atom. The van der Waals surface area contributed by atoms with Gasteiger partial charge in [0.2, 0.25) is 0 Å². The van der Waals surface area contributed by atoms with Gasteiger partial charge >= 0.3 is 0 Å². The van der Waals surface area contributed by atoms with Crippen LogP contribution in [0.3, 0.4) is 0 Å². The molecule has 0 unspecified atom stereocenters. The molecule has 0 spiro atoms. The molecule has 0 radical (unpaired) electrons. The Kier molecular flexibility index (Phi) is 4.44. The molecule has 0 amide bonds. The summed E-state index contributed by atoms with van der Waals surface area (Å²) in [6.45, 7) is 4.84. The molecular formula is C23H22N2O. The van der Waals surface area contributed by atoms with Gasteiger partial charge in [-0.2, -0.15) is 5.10 Å². The molecule has 130 valence electrons. The van der Waals surface area contributed by atoms with Gasteiger partial charge in [-0.3, -0.25) is 5.10 Å². The number of nitrogens with one attached hydrogen (secondary N) is 1. The molecule has 1 aromatic heterocycles. The van der Waals surface area contributed by atoms with E-state index in [1.54, 1.807) is 0 Å². The van der Waals surface area contributed by atoms with Crippen molar-refractivity contribution in [1.29, 1.82) is 0 Å². The fraction of sp³-hybridized carbons (Fsp3) is 0.174. The molecule has 1 heterocycles. The Balaban J connectivity index is 1.74. The minimum atomic E-state index is 0.670. The predicted molar refractivity (Wildman–Crippen MR) is 108 cm³/mol. The van der Waals surface area contributed by atoms with Crippen LogP contribution in [0.5, 0.6) is 5.75 Å². The summed E-state index contributed by atoms with van der Waals surface area (Å²) in [5.41, 5.74) is 6.81. The van der Waals surface area contributed by atoms with E-state index in [4.69, 9.17) is 4.74 Å². The van der Waals surface area contributed by atoms with Gasteiger partial charge in [0.25, 0.3) is 0 Å². The van der Waals surface area contributed by atoms with Crippen LogP contribution in [0.15, 0.2) is 66.7 Å². The van der Waals surface area contributed by atoms with Crippen molar-refractivity contribution >= 4 is 10.9 Å². The van der Waals surface area contributed by atoms with Crippen molar-refractivity contribution in [3.8, 4) is 28.1 Å². The zero-order valence-corrected chi connectivity index (χ0v) is 15.1. The topological polar surface area (TPSA) is 37.9 Å². The highest BCUT2D eigenvalue weighted by atomic mass is 16.5. The fourth-order valence-corrected chi connectivity index (χ4v) is 3.29. The van der Waals surface area contributed by atoms with Crippen LogP contribution in [0.4, 0.5) is 0 Å². The normalized spacial score (nSPS) is 11.0. The van der Waals surface area contributed by atoms with E-state index in [1.807, 2.05) is 19.1 Å². The van der Waals surface area contributed by atoms with Crippen molar-refractivity contribution in [2.45, 2.75) is 20.3 Å². The summed E-state index contributed by atoms with van der Waals surface area (Å²) in [5, 5.41) is 8.91. The third-order valence-corrected chi connectivity index (χ3v) is 4.65. The minimum Gasteiger partial charge on any atom is -0.494 e. The summed E-state index contributed by atoms with van der Waals surface area (Å²) in [6.07, 6.45) is 1.02. The lowest BCUT2D eigenvalue weighted by atomic mass is 10.0. The van der Waals surface area contributed by atoms with E-state index >= 15 is 0 Å².